The van der Waals surface area contributed by atoms with Crippen LogP contribution in [-0.4, -0.2) is 58.3 Å². The molecular weight excluding hydrogens is 515 g/mol. The van der Waals surface area contributed by atoms with Crippen molar-refractivity contribution in [3.05, 3.63) is 70.2 Å². The van der Waals surface area contributed by atoms with Gasteiger partial charge in [0.15, 0.2) is 17.5 Å². The van der Waals surface area contributed by atoms with Crippen molar-refractivity contribution in [1.29, 1.82) is 5.26 Å². The number of nitrogens with two attached hydrogens (primary N) is 1. The number of carboxylic acid groups (broad SMARTS) is 1. The van der Waals surface area contributed by atoms with Crippen molar-refractivity contribution in [3.63, 3.8) is 0 Å². The van der Waals surface area contributed by atoms with E-state index in [2.05, 4.69) is 20.8 Å². The van der Waals surface area contributed by atoms with E-state index in [0.29, 0.717) is 16.8 Å². The van der Waals surface area contributed by atoms with Crippen molar-refractivity contribution in [1.82, 2.24) is 10.3 Å². The number of nitrogen functional groups attached to an aromatic ring is 1. The summed E-state index contributed by atoms with van der Waals surface area (Å²) in [7, 11) is -1.55. The third kappa shape index (κ3) is 6.06. The van der Waals surface area contributed by atoms with Crippen molar-refractivity contribution in [2.75, 3.05) is 17.7 Å². The molecule has 2 heterocycles. The second-order valence-electron chi connectivity index (χ2n) is 7.91. The first-order valence-electron chi connectivity index (χ1n) is 11.0. The quantitative estimate of drug-likeness (QED) is 0.156. The SMILES string of the molecule is N#Cc1ccc(NC(=O)CO/N=C(\C(=O)N[C@H]2Cc3cccc(C(=O)O)c3OB2O)c2csc(N)n2)cc1. The van der Waals surface area contributed by atoms with E-state index in [1.54, 1.807) is 18.2 Å². The lowest BCUT2D eigenvalue weighted by Crippen LogP contribution is -2.54. The number of aromatic nitrogens is 1. The maximum Gasteiger partial charge on any atom is 0.547 e. The highest BCUT2D eigenvalue weighted by atomic mass is 32.1. The number of carbonyl (C=O) groups excluding carboxylic acids is 2. The standard InChI is InChI=1S/C23H19BN6O7S/c25-9-12-4-6-14(7-5-12)27-18(31)10-36-30-19(16-11-38-23(26)28-16)21(32)29-17-8-13-2-1-3-15(22(33)34)20(13)37-24(17)35/h1-7,11,17,35H,8,10H2,(H2,26,28)(H,27,31)(H,29,32)(H,33,34)/b30-19-/t17-/m0/s1. The third-order valence-electron chi connectivity index (χ3n) is 5.29. The fourth-order valence-corrected chi connectivity index (χ4v) is 4.08. The van der Waals surface area contributed by atoms with Crippen LogP contribution in [0.3, 0.4) is 0 Å². The van der Waals surface area contributed by atoms with Gasteiger partial charge in [-0.1, -0.05) is 17.3 Å². The molecular formula is C23H19BN6O7S. The van der Waals surface area contributed by atoms with E-state index < -0.39 is 37.5 Å². The molecule has 1 aliphatic heterocycles. The first-order chi connectivity index (χ1) is 18.2. The third-order valence-corrected chi connectivity index (χ3v) is 5.97. The Kier molecular flexibility index (Phi) is 7.85. The number of benzene rings is 2. The molecule has 2 amide bonds. The molecule has 3 aromatic rings. The number of aromatic carboxylic acids is 1. The molecule has 2 aromatic carbocycles. The van der Waals surface area contributed by atoms with Crippen LogP contribution in [0, 0.1) is 11.3 Å². The molecule has 4 rings (SSSR count). The molecule has 0 fully saturated rings. The average Bonchev–Trinajstić information content (AvgIpc) is 3.32. The molecule has 0 aliphatic carbocycles. The molecule has 0 radical (unpaired) electrons. The van der Waals surface area contributed by atoms with E-state index in [1.165, 1.54) is 29.6 Å². The van der Waals surface area contributed by atoms with Crippen LogP contribution in [0.5, 0.6) is 5.75 Å². The molecule has 6 N–H and O–H groups in total. The number of hydrogen-bond acceptors (Lipinski definition) is 11. The molecule has 192 valence electrons. The average molecular weight is 534 g/mol. The molecule has 0 saturated heterocycles. The number of rotatable bonds is 8. The number of carbonyl (C=O) groups is 3. The van der Waals surface area contributed by atoms with Gasteiger partial charge in [-0.15, -0.1) is 11.3 Å². The predicted molar refractivity (Wildman–Crippen MR) is 136 cm³/mol. The van der Waals surface area contributed by atoms with Gasteiger partial charge in [0, 0.05) is 11.1 Å². The van der Waals surface area contributed by atoms with Crippen molar-refractivity contribution in [2.45, 2.75) is 12.4 Å². The number of nitrogens with one attached hydrogen (secondary N) is 2. The van der Waals surface area contributed by atoms with Crippen LogP contribution in [0.4, 0.5) is 10.8 Å². The van der Waals surface area contributed by atoms with E-state index >= 15 is 0 Å². The number of nitriles is 1. The van der Waals surface area contributed by atoms with Gasteiger partial charge in [0.05, 0.1) is 23.1 Å². The Labute approximate surface area is 219 Å². The summed E-state index contributed by atoms with van der Waals surface area (Å²) in [5.74, 6) is -3.52. The minimum absolute atomic E-state index is 0.0239. The van der Waals surface area contributed by atoms with Gasteiger partial charge < -0.3 is 36.0 Å². The van der Waals surface area contributed by atoms with Crippen LogP contribution in [0.15, 0.2) is 53.0 Å². The van der Waals surface area contributed by atoms with Crippen LogP contribution >= 0.6 is 11.3 Å². The van der Waals surface area contributed by atoms with Gasteiger partial charge >= 0.3 is 13.1 Å². The van der Waals surface area contributed by atoms with Crippen molar-refractivity contribution in [2.24, 2.45) is 5.16 Å². The maximum absolute atomic E-state index is 13.1. The monoisotopic (exact) mass is 534 g/mol. The largest absolute Gasteiger partial charge is 0.547 e. The van der Waals surface area contributed by atoms with Gasteiger partial charge in [-0.05, 0) is 42.3 Å². The molecule has 13 nitrogen and oxygen atoms in total. The summed E-state index contributed by atoms with van der Waals surface area (Å²) < 4.78 is 5.40. The fraction of sp³-hybridized carbons (Fsp3) is 0.130. The zero-order valence-electron chi connectivity index (χ0n) is 19.5. The smallest absolute Gasteiger partial charge is 0.534 e. The first kappa shape index (κ1) is 26.1. The Hall–Kier alpha value is -4.94. The lowest BCUT2D eigenvalue weighted by molar-refractivity contribution is -0.121. The van der Waals surface area contributed by atoms with E-state index in [-0.39, 0.29) is 34.3 Å². The summed E-state index contributed by atoms with van der Waals surface area (Å²) in [6, 6.07) is 12.6. The summed E-state index contributed by atoms with van der Waals surface area (Å²) in [5.41, 5.74) is 6.70. The Balaban J connectivity index is 1.45. The second kappa shape index (κ2) is 11.4. The summed E-state index contributed by atoms with van der Waals surface area (Å²) in [6.07, 6.45) is 0.0731. The lowest BCUT2D eigenvalue weighted by atomic mass is 9.72. The highest BCUT2D eigenvalue weighted by molar-refractivity contribution is 7.13. The Morgan fingerprint density at radius 1 is 1.29 bits per heavy atom. The van der Waals surface area contributed by atoms with Crippen molar-refractivity contribution >= 4 is 52.8 Å². The van der Waals surface area contributed by atoms with E-state index in [9.17, 15) is 24.5 Å². The molecule has 15 heteroatoms. The van der Waals surface area contributed by atoms with Crippen LogP contribution in [-0.2, 0) is 20.8 Å². The molecule has 38 heavy (non-hydrogen) atoms. The number of fused-ring (bicyclic) bond motifs is 1. The van der Waals surface area contributed by atoms with E-state index in [1.807, 2.05) is 6.07 Å². The maximum atomic E-state index is 13.1. The highest BCUT2D eigenvalue weighted by Gasteiger charge is 2.38. The molecule has 1 aromatic heterocycles. The second-order valence-corrected chi connectivity index (χ2v) is 8.80. The van der Waals surface area contributed by atoms with Crippen LogP contribution in [0.25, 0.3) is 0 Å². The van der Waals surface area contributed by atoms with E-state index in [0.717, 1.165) is 11.3 Å². The van der Waals surface area contributed by atoms with Crippen molar-refractivity contribution < 1.29 is 34.0 Å². The molecule has 0 unspecified atom stereocenters. The Morgan fingerprint density at radius 3 is 2.71 bits per heavy atom. The first-order valence-corrected chi connectivity index (χ1v) is 11.8. The van der Waals surface area contributed by atoms with Gasteiger partial charge in [0.25, 0.3) is 11.8 Å². The van der Waals surface area contributed by atoms with Gasteiger partial charge in [0.2, 0.25) is 0 Å². The Morgan fingerprint density at radius 2 is 2.05 bits per heavy atom. The van der Waals surface area contributed by atoms with Gasteiger partial charge in [0.1, 0.15) is 11.4 Å². The van der Waals surface area contributed by atoms with Gasteiger partial charge in [-0.3, -0.25) is 9.59 Å². The number of amides is 2. The van der Waals surface area contributed by atoms with Crippen LogP contribution in [0.1, 0.15) is 27.2 Å². The number of carboxylic acids is 1. The number of thiazole rings is 1. The van der Waals surface area contributed by atoms with Gasteiger partial charge in [-0.25, -0.2) is 9.78 Å². The number of oxime groups is 1. The number of para-hydroxylation sites is 1. The molecule has 0 bridgehead atoms. The van der Waals surface area contributed by atoms with Gasteiger partial charge in [-0.2, -0.15) is 5.26 Å². The minimum atomic E-state index is -1.55. The summed E-state index contributed by atoms with van der Waals surface area (Å²) >= 11 is 1.05. The zero-order valence-corrected chi connectivity index (χ0v) is 20.3. The molecule has 0 spiro atoms. The molecule has 1 atom stereocenters. The topological polar surface area (TPSA) is 209 Å². The number of nitrogens with zero attached hydrogens (tertiary/aromatic N) is 3. The minimum Gasteiger partial charge on any atom is -0.534 e. The normalized spacial score (nSPS) is 14.5. The summed E-state index contributed by atoms with van der Waals surface area (Å²) in [5, 5.41) is 39.2. The fourth-order valence-electron chi connectivity index (χ4n) is 3.53. The highest BCUT2D eigenvalue weighted by Crippen LogP contribution is 2.30. The Bertz CT molecular complexity index is 1450. The number of hydrogen-bond donors (Lipinski definition) is 5. The van der Waals surface area contributed by atoms with Crippen LogP contribution < -0.4 is 21.0 Å². The lowest BCUT2D eigenvalue weighted by Gasteiger charge is -2.28. The summed E-state index contributed by atoms with van der Waals surface area (Å²) in [6.45, 7) is -0.545. The van der Waals surface area contributed by atoms with Crippen molar-refractivity contribution in [3.8, 4) is 11.8 Å². The van der Waals surface area contributed by atoms with Crippen LogP contribution in [0.2, 0.25) is 0 Å². The summed E-state index contributed by atoms with van der Waals surface area (Å²) in [4.78, 5) is 45.9. The van der Waals surface area contributed by atoms with E-state index in [4.69, 9.17) is 20.5 Å². The predicted octanol–water partition coefficient (Wildman–Crippen LogP) is 0.794. The molecule has 1 aliphatic rings. The zero-order chi connectivity index (χ0) is 27.2. The molecule has 0 saturated carbocycles. The number of anilines is 2.